The lowest BCUT2D eigenvalue weighted by Gasteiger charge is -2.08. The maximum Gasteiger partial charge on any atom is 0.261 e. The second-order valence-corrected chi connectivity index (χ2v) is 5.93. The van der Waals surface area contributed by atoms with Gasteiger partial charge in [-0.2, -0.15) is 0 Å². The predicted octanol–water partition coefficient (Wildman–Crippen LogP) is 2.90. The highest BCUT2D eigenvalue weighted by Gasteiger charge is 2.08. The lowest BCUT2D eigenvalue weighted by molar-refractivity contribution is -0.121. The molecule has 0 spiro atoms. The first-order chi connectivity index (χ1) is 12.0. The molecule has 7 heteroatoms. The van der Waals surface area contributed by atoms with Gasteiger partial charge in [-0.15, -0.1) is 0 Å². The van der Waals surface area contributed by atoms with Crippen molar-refractivity contribution in [3.05, 3.63) is 75.5 Å². The van der Waals surface area contributed by atoms with E-state index in [-0.39, 0.29) is 24.4 Å². The van der Waals surface area contributed by atoms with Gasteiger partial charge in [-0.1, -0.05) is 29.8 Å². The Balaban J connectivity index is 1.63. The highest BCUT2D eigenvalue weighted by Crippen LogP contribution is 2.14. The van der Waals surface area contributed by atoms with Gasteiger partial charge in [-0.3, -0.25) is 14.2 Å². The molecule has 5 nitrogen and oxygen atoms in total. The summed E-state index contributed by atoms with van der Waals surface area (Å²) in [5.41, 5.74) is 0.817. The molecule has 2 aromatic carbocycles. The van der Waals surface area contributed by atoms with Crippen LogP contribution in [0.3, 0.4) is 0 Å². The minimum absolute atomic E-state index is 0.124. The molecule has 3 aromatic rings. The number of benzene rings is 2. The van der Waals surface area contributed by atoms with E-state index in [1.54, 1.807) is 6.07 Å². The molecule has 0 fully saturated rings. The number of nitrogens with zero attached hydrogens (tertiary/aromatic N) is 2. The van der Waals surface area contributed by atoms with E-state index in [2.05, 4.69) is 10.3 Å². The number of hydrogen-bond acceptors (Lipinski definition) is 3. The average molecular weight is 360 g/mol. The van der Waals surface area contributed by atoms with Crippen molar-refractivity contribution < 1.29 is 9.18 Å². The molecular formula is C18H15ClFN3O2. The Morgan fingerprint density at radius 3 is 2.84 bits per heavy atom. The zero-order valence-corrected chi connectivity index (χ0v) is 14.0. The highest BCUT2D eigenvalue weighted by atomic mass is 35.5. The molecule has 1 N–H and O–H groups in total. The number of carbonyl (C=O) groups excluding carboxylic acids is 1. The van der Waals surface area contributed by atoms with E-state index in [1.807, 2.05) is 18.2 Å². The van der Waals surface area contributed by atoms with Crippen molar-refractivity contribution in [2.45, 2.75) is 19.5 Å². The fourth-order valence-electron chi connectivity index (χ4n) is 2.44. The first kappa shape index (κ1) is 17.1. The van der Waals surface area contributed by atoms with E-state index in [1.165, 1.54) is 29.1 Å². The van der Waals surface area contributed by atoms with Crippen LogP contribution in [0.2, 0.25) is 5.02 Å². The maximum absolute atomic E-state index is 13.2. The number of aromatic nitrogens is 2. The van der Waals surface area contributed by atoms with Crippen LogP contribution in [0.5, 0.6) is 0 Å². The van der Waals surface area contributed by atoms with Crippen molar-refractivity contribution in [1.82, 2.24) is 14.9 Å². The first-order valence-corrected chi connectivity index (χ1v) is 8.07. The monoisotopic (exact) mass is 359 g/mol. The second-order valence-electron chi connectivity index (χ2n) is 5.52. The standard InChI is InChI=1S/C18H15ClFN3O2/c19-15-4-2-1-3-12(15)10-21-17(24)7-8-23-11-22-16-9-13(20)5-6-14(16)18(23)25/h1-6,9,11H,7-8,10H2,(H,21,24). The van der Waals surface area contributed by atoms with Crippen molar-refractivity contribution >= 4 is 28.4 Å². The van der Waals surface area contributed by atoms with Gasteiger partial charge in [0.25, 0.3) is 5.56 Å². The van der Waals surface area contributed by atoms with Gasteiger partial charge in [0.2, 0.25) is 5.91 Å². The average Bonchev–Trinajstić information content (AvgIpc) is 2.60. The number of halogens is 2. The number of fused-ring (bicyclic) bond motifs is 1. The number of nitrogens with one attached hydrogen (secondary N) is 1. The molecule has 0 saturated heterocycles. The summed E-state index contributed by atoms with van der Waals surface area (Å²) in [7, 11) is 0. The Kier molecular flexibility index (Phi) is 5.09. The zero-order chi connectivity index (χ0) is 17.8. The molecule has 0 aliphatic carbocycles. The van der Waals surface area contributed by atoms with Crippen LogP contribution in [0, 0.1) is 5.82 Å². The summed E-state index contributed by atoms with van der Waals surface area (Å²) in [4.78, 5) is 28.4. The molecular weight excluding hydrogens is 345 g/mol. The molecule has 1 aromatic heterocycles. The number of amides is 1. The van der Waals surface area contributed by atoms with E-state index in [4.69, 9.17) is 11.6 Å². The quantitative estimate of drug-likeness (QED) is 0.761. The van der Waals surface area contributed by atoms with Crippen LogP contribution in [0.4, 0.5) is 4.39 Å². The Morgan fingerprint density at radius 2 is 2.04 bits per heavy atom. The van der Waals surface area contributed by atoms with E-state index >= 15 is 0 Å². The van der Waals surface area contributed by atoms with Gasteiger partial charge in [-0.05, 0) is 23.8 Å². The fourth-order valence-corrected chi connectivity index (χ4v) is 2.64. The Bertz CT molecular complexity index is 987. The van der Waals surface area contributed by atoms with Crippen LogP contribution >= 0.6 is 11.6 Å². The summed E-state index contributed by atoms with van der Waals surface area (Å²) in [6, 6.07) is 11.1. The summed E-state index contributed by atoms with van der Waals surface area (Å²) in [5.74, 6) is -0.651. The van der Waals surface area contributed by atoms with Gasteiger partial charge >= 0.3 is 0 Å². The number of hydrogen-bond donors (Lipinski definition) is 1. The molecule has 0 atom stereocenters. The largest absolute Gasteiger partial charge is 0.352 e. The SMILES string of the molecule is O=C(CCn1cnc2cc(F)ccc2c1=O)NCc1ccccc1Cl. The number of aryl methyl sites for hydroxylation is 1. The van der Waals surface area contributed by atoms with Crippen LogP contribution in [-0.4, -0.2) is 15.5 Å². The number of rotatable bonds is 5. The fraction of sp³-hybridized carbons (Fsp3) is 0.167. The topological polar surface area (TPSA) is 64.0 Å². The molecule has 1 heterocycles. The van der Waals surface area contributed by atoms with Gasteiger partial charge in [0.05, 0.1) is 17.2 Å². The van der Waals surface area contributed by atoms with Gasteiger partial charge < -0.3 is 5.32 Å². The molecule has 0 aliphatic rings. The van der Waals surface area contributed by atoms with Crippen molar-refractivity contribution in [3.63, 3.8) is 0 Å². The Hall–Kier alpha value is -2.73. The molecule has 0 aliphatic heterocycles. The van der Waals surface area contributed by atoms with Crippen LogP contribution in [0.25, 0.3) is 10.9 Å². The highest BCUT2D eigenvalue weighted by molar-refractivity contribution is 6.31. The lowest BCUT2D eigenvalue weighted by atomic mass is 10.2. The van der Waals surface area contributed by atoms with E-state index in [0.29, 0.717) is 22.5 Å². The summed E-state index contributed by atoms with van der Waals surface area (Å²) in [6.07, 6.45) is 1.45. The van der Waals surface area contributed by atoms with Crippen molar-refractivity contribution in [2.75, 3.05) is 0 Å². The third-order valence-corrected chi connectivity index (χ3v) is 4.17. The normalized spacial score (nSPS) is 10.8. The molecule has 0 radical (unpaired) electrons. The first-order valence-electron chi connectivity index (χ1n) is 7.69. The smallest absolute Gasteiger partial charge is 0.261 e. The molecule has 0 bridgehead atoms. The summed E-state index contributed by atoms with van der Waals surface area (Å²) >= 11 is 6.04. The van der Waals surface area contributed by atoms with Crippen LogP contribution in [0.15, 0.2) is 53.6 Å². The van der Waals surface area contributed by atoms with Gasteiger partial charge in [-0.25, -0.2) is 9.37 Å². The van der Waals surface area contributed by atoms with Crippen molar-refractivity contribution in [3.8, 4) is 0 Å². The summed E-state index contributed by atoms with van der Waals surface area (Å²) in [5, 5.41) is 3.67. The minimum Gasteiger partial charge on any atom is -0.352 e. The van der Waals surface area contributed by atoms with Crippen LogP contribution in [-0.2, 0) is 17.9 Å². The molecule has 128 valence electrons. The zero-order valence-electron chi connectivity index (χ0n) is 13.2. The molecule has 1 amide bonds. The van der Waals surface area contributed by atoms with E-state index in [9.17, 15) is 14.0 Å². The Morgan fingerprint density at radius 1 is 1.24 bits per heavy atom. The minimum atomic E-state index is -0.448. The summed E-state index contributed by atoms with van der Waals surface area (Å²) < 4.78 is 14.5. The van der Waals surface area contributed by atoms with E-state index in [0.717, 1.165) is 5.56 Å². The van der Waals surface area contributed by atoms with Gasteiger partial charge in [0.1, 0.15) is 5.82 Å². The summed E-state index contributed by atoms with van der Waals surface area (Å²) in [6.45, 7) is 0.510. The maximum atomic E-state index is 13.2. The van der Waals surface area contributed by atoms with Gasteiger partial charge in [0, 0.05) is 30.6 Å². The lowest BCUT2D eigenvalue weighted by Crippen LogP contribution is -2.27. The predicted molar refractivity (Wildman–Crippen MR) is 93.9 cm³/mol. The van der Waals surface area contributed by atoms with Gasteiger partial charge in [0.15, 0.2) is 0 Å². The third kappa shape index (κ3) is 4.03. The van der Waals surface area contributed by atoms with E-state index < -0.39 is 5.82 Å². The second kappa shape index (κ2) is 7.44. The van der Waals surface area contributed by atoms with Crippen LogP contribution < -0.4 is 10.9 Å². The molecule has 0 unspecified atom stereocenters. The van der Waals surface area contributed by atoms with Crippen molar-refractivity contribution in [2.24, 2.45) is 0 Å². The Labute approximate surface area is 148 Å². The van der Waals surface area contributed by atoms with Crippen LogP contribution in [0.1, 0.15) is 12.0 Å². The van der Waals surface area contributed by atoms with Crippen molar-refractivity contribution in [1.29, 1.82) is 0 Å². The number of carbonyl (C=O) groups is 1. The molecule has 0 saturated carbocycles. The molecule has 25 heavy (non-hydrogen) atoms. The molecule has 3 rings (SSSR count). The third-order valence-electron chi connectivity index (χ3n) is 3.80.